The molecule has 0 aromatic heterocycles. The highest BCUT2D eigenvalue weighted by Crippen LogP contribution is 2.39. The Kier molecular flexibility index (Phi) is 6.42. The number of ether oxygens (including phenoxy) is 3. The molecule has 2 N–H and O–H groups in total. The van der Waals surface area contributed by atoms with Crippen LogP contribution in [0.5, 0.6) is 17.2 Å². The molecule has 30 heavy (non-hydrogen) atoms. The predicted octanol–water partition coefficient (Wildman–Crippen LogP) is 3.06. The standard InChI is InChI=1S/C22H23N3O5/c1-28-18-10-15(11-19(29-2)20(18)30-3)17(12-23)25-22(27)14-5-4-6-16(9-14)24-21(26)13-7-8-13/h4-6,9-11,13,17H,7-8H2,1-3H3,(H,24,26)(H,25,27). The van der Waals surface area contributed by atoms with Gasteiger partial charge in [0.15, 0.2) is 11.5 Å². The van der Waals surface area contributed by atoms with Gasteiger partial charge in [0.1, 0.15) is 6.04 Å². The molecule has 0 aliphatic heterocycles. The van der Waals surface area contributed by atoms with Crippen LogP contribution in [0.1, 0.15) is 34.8 Å². The Morgan fingerprint density at radius 3 is 2.27 bits per heavy atom. The highest BCUT2D eigenvalue weighted by atomic mass is 16.5. The number of anilines is 1. The van der Waals surface area contributed by atoms with E-state index >= 15 is 0 Å². The molecular weight excluding hydrogens is 386 g/mol. The second-order valence-corrected chi connectivity index (χ2v) is 6.84. The van der Waals surface area contributed by atoms with Crippen LogP contribution in [0.25, 0.3) is 0 Å². The summed E-state index contributed by atoms with van der Waals surface area (Å²) in [5.41, 5.74) is 1.36. The first-order chi connectivity index (χ1) is 14.5. The molecule has 1 aliphatic rings. The summed E-state index contributed by atoms with van der Waals surface area (Å²) in [6, 6.07) is 11.0. The quantitative estimate of drug-likeness (QED) is 0.693. The SMILES string of the molecule is COc1cc(C(C#N)NC(=O)c2cccc(NC(=O)C3CC3)c2)cc(OC)c1OC. The summed E-state index contributed by atoms with van der Waals surface area (Å²) in [4.78, 5) is 24.7. The Labute approximate surface area is 174 Å². The number of carbonyl (C=O) groups excluding carboxylic acids is 2. The number of hydrogen-bond acceptors (Lipinski definition) is 6. The van der Waals surface area contributed by atoms with Crippen LogP contribution in [-0.4, -0.2) is 33.1 Å². The zero-order chi connectivity index (χ0) is 21.7. The number of nitriles is 1. The molecule has 1 aliphatic carbocycles. The largest absolute Gasteiger partial charge is 0.493 e. The van der Waals surface area contributed by atoms with Crippen molar-refractivity contribution in [2.45, 2.75) is 18.9 Å². The summed E-state index contributed by atoms with van der Waals surface area (Å²) in [5.74, 6) is 0.728. The second-order valence-electron chi connectivity index (χ2n) is 6.84. The van der Waals surface area contributed by atoms with Crippen LogP contribution in [0.3, 0.4) is 0 Å². The lowest BCUT2D eigenvalue weighted by Crippen LogP contribution is -2.27. The molecule has 0 spiro atoms. The minimum Gasteiger partial charge on any atom is -0.493 e. The van der Waals surface area contributed by atoms with Gasteiger partial charge in [0.2, 0.25) is 11.7 Å². The zero-order valence-corrected chi connectivity index (χ0v) is 17.0. The van der Waals surface area contributed by atoms with Gasteiger partial charge in [-0.1, -0.05) is 6.07 Å². The van der Waals surface area contributed by atoms with E-state index in [1.54, 1.807) is 36.4 Å². The van der Waals surface area contributed by atoms with Gasteiger partial charge in [0.25, 0.3) is 5.91 Å². The van der Waals surface area contributed by atoms with Crippen molar-refractivity contribution in [1.82, 2.24) is 5.32 Å². The monoisotopic (exact) mass is 409 g/mol. The molecule has 2 aromatic carbocycles. The van der Waals surface area contributed by atoms with Gasteiger partial charge in [-0.3, -0.25) is 9.59 Å². The summed E-state index contributed by atoms with van der Waals surface area (Å²) < 4.78 is 15.9. The van der Waals surface area contributed by atoms with Gasteiger partial charge in [-0.25, -0.2) is 0 Å². The first-order valence-corrected chi connectivity index (χ1v) is 9.42. The summed E-state index contributed by atoms with van der Waals surface area (Å²) in [6.07, 6.45) is 1.79. The van der Waals surface area contributed by atoms with Crippen molar-refractivity contribution in [2.75, 3.05) is 26.6 Å². The van der Waals surface area contributed by atoms with Gasteiger partial charge >= 0.3 is 0 Å². The van der Waals surface area contributed by atoms with Crippen molar-refractivity contribution in [2.24, 2.45) is 5.92 Å². The molecule has 0 bridgehead atoms. The van der Waals surface area contributed by atoms with Gasteiger partial charge in [0, 0.05) is 17.2 Å². The molecule has 1 saturated carbocycles. The van der Waals surface area contributed by atoms with Crippen molar-refractivity contribution < 1.29 is 23.8 Å². The van der Waals surface area contributed by atoms with Gasteiger partial charge in [-0.2, -0.15) is 5.26 Å². The minimum absolute atomic E-state index is 0.0418. The normalized spacial score (nSPS) is 13.5. The highest BCUT2D eigenvalue weighted by Gasteiger charge is 2.29. The Morgan fingerprint density at radius 2 is 1.73 bits per heavy atom. The molecule has 156 valence electrons. The van der Waals surface area contributed by atoms with Crippen LogP contribution in [0, 0.1) is 17.2 Å². The third-order valence-corrected chi connectivity index (χ3v) is 4.77. The van der Waals surface area contributed by atoms with Gasteiger partial charge in [0.05, 0.1) is 27.4 Å². The van der Waals surface area contributed by atoms with E-state index in [0.29, 0.717) is 34.1 Å². The molecule has 3 rings (SSSR count). The van der Waals surface area contributed by atoms with Crippen LogP contribution in [-0.2, 0) is 4.79 Å². The molecule has 0 radical (unpaired) electrons. The van der Waals surface area contributed by atoms with Gasteiger partial charge < -0.3 is 24.8 Å². The number of methoxy groups -OCH3 is 3. The fourth-order valence-corrected chi connectivity index (χ4v) is 3.00. The fraction of sp³-hybridized carbons (Fsp3) is 0.318. The molecular formula is C22H23N3O5. The average Bonchev–Trinajstić information content (AvgIpc) is 3.62. The first kappa shape index (κ1) is 21.0. The van der Waals surface area contributed by atoms with Gasteiger partial charge in [-0.15, -0.1) is 0 Å². The summed E-state index contributed by atoms with van der Waals surface area (Å²) in [5, 5.41) is 15.1. The molecule has 1 atom stereocenters. The summed E-state index contributed by atoms with van der Waals surface area (Å²) >= 11 is 0. The van der Waals surface area contributed by atoms with Crippen LogP contribution in [0.15, 0.2) is 36.4 Å². The van der Waals surface area contributed by atoms with Crippen LogP contribution in [0.4, 0.5) is 5.69 Å². The molecule has 1 fully saturated rings. The maximum atomic E-state index is 12.7. The molecule has 2 amide bonds. The molecule has 0 saturated heterocycles. The number of nitrogens with one attached hydrogen (secondary N) is 2. The van der Waals surface area contributed by atoms with Crippen LogP contribution < -0.4 is 24.8 Å². The van der Waals surface area contributed by atoms with E-state index < -0.39 is 11.9 Å². The second kappa shape index (κ2) is 9.18. The van der Waals surface area contributed by atoms with Gasteiger partial charge in [-0.05, 0) is 48.7 Å². The van der Waals surface area contributed by atoms with E-state index in [1.165, 1.54) is 21.3 Å². The Hall–Kier alpha value is -3.73. The molecule has 8 heteroatoms. The fourth-order valence-electron chi connectivity index (χ4n) is 3.00. The Bertz CT molecular complexity index is 970. The highest BCUT2D eigenvalue weighted by molar-refractivity contribution is 5.98. The van der Waals surface area contributed by atoms with E-state index in [0.717, 1.165) is 12.8 Å². The number of rotatable bonds is 8. The topological polar surface area (TPSA) is 110 Å². The van der Waals surface area contributed by atoms with Crippen molar-refractivity contribution in [3.63, 3.8) is 0 Å². The average molecular weight is 409 g/mol. The maximum absolute atomic E-state index is 12.7. The number of carbonyl (C=O) groups is 2. The molecule has 0 heterocycles. The maximum Gasteiger partial charge on any atom is 0.252 e. The number of hydrogen-bond donors (Lipinski definition) is 2. The molecule has 2 aromatic rings. The van der Waals surface area contributed by atoms with E-state index in [4.69, 9.17) is 14.2 Å². The van der Waals surface area contributed by atoms with E-state index in [1.807, 2.05) is 0 Å². The molecule has 1 unspecified atom stereocenters. The van der Waals surface area contributed by atoms with E-state index in [2.05, 4.69) is 16.7 Å². The lowest BCUT2D eigenvalue weighted by Gasteiger charge is -2.17. The van der Waals surface area contributed by atoms with Crippen LogP contribution >= 0.6 is 0 Å². The smallest absolute Gasteiger partial charge is 0.252 e. The van der Waals surface area contributed by atoms with E-state index in [9.17, 15) is 14.9 Å². The number of amides is 2. The number of nitrogens with zero attached hydrogens (tertiary/aromatic N) is 1. The lowest BCUT2D eigenvalue weighted by atomic mass is 10.1. The van der Waals surface area contributed by atoms with Crippen LogP contribution in [0.2, 0.25) is 0 Å². The molecule has 8 nitrogen and oxygen atoms in total. The predicted molar refractivity (Wildman–Crippen MR) is 110 cm³/mol. The third-order valence-electron chi connectivity index (χ3n) is 4.77. The van der Waals surface area contributed by atoms with Crippen molar-refractivity contribution >= 4 is 17.5 Å². The summed E-state index contributed by atoms with van der Waals surface area (Å²) in [6.45, 7) is 0. The Balaban J connectivity index is 1.80. The third kappa shape index (κ3) is 4.63. The first-order valence-electron chi connectivity index (χ1n) is 9.42. The van der Waals surface area contributed by atoms with Crippen molar-refractivity contribution in [1.29, 1.82) is 5.26 Å². The van der Waals surface area contributed by atoms with Crippen molar-refractivity contribution in [3.8, 4) is 23.3 Å². The van der Waals surface area contributed by atoms with Crippen molar-refractivity contribution in [3.05, 3.63) is 47.5 Å². The van der Waals surface area contributed by atoms with E-state index in [-0.39, 0.29) is 11.8 Å². The summed E-state index contributed by atoms with van der Waals surface area (Å²) in [7, 11) is 4.43. The Morgan fingerprint density at radius 1 is 1.07 bits per heavy atom. The minimum atomic E-state index is -0.948. The number of benzene rings is 2. The zero-order valence-electron chi connectivity index (χ0n) is 17.0. The lowest BCUT2D eigenvalue weighted by molar-refractivity contribution is -0.117.